The van der Waals surface area contributed by atoms with E-state index in [0.29, 0.717) is 22.3 Å². The monoisotopic (exact) mass is 544 g/mol. The van der Waals surface area contributed by atoms with Crippen LogP contribution in [0.3, 0.4) is 0 Å². The van der Waals surface area contributed by atoms with Crippen LogP contribution in [0.5, 0.6) is 0 Å². The molecule has 0 N–H and O–H groups in total. The summed E-state index contributed by atoms with van der Waals surface area (Å²) >= 11 is 4.14. The lowest BCUT2D eigenvalue weighted by Crippen LogP contribution is -1.95. The average molecular weight is 545 g/mol. The van der Waals surface area contributed by atoms with Gasteiger partial charge < -0.3 is 0 Å². The van der Waals surface area contributed by atoms with Crippen molar-refractivity contribution in [2.45, 2.75) is 22.3 Å². The molecular formula is C38H24S2. The Labute approximate surface area is 241 Å². The predicted octanol–water partition coefficient (Wildman–Crippen LogP) is 11.0. The Morgan fingerprint density at radius 2 is 0.825 bits per heavy atom. The van der Waals surface area contributed by atoms with Crippen LogP contribution in [0.4, 0.5) is 0 Å². The van der Waals surface area contributed by atoms with Gasteiger partial charge in [0.2, 0.25) is 0 Å². The third kappa shape index (κ3) is 2.91. The standard InChI is InChI=1S/C38H24S2/c1-3-7-23-17-25(11-9-21(23)5-1)33-19-31-27-13-16-30-36-28(14-15-29(35(27)36)37(31)39-33)32-20-34(40-38(30)32)26-12-10-22-6-2-4-8-24(22)18-26/h1-20,31-32,37-38H. The van der Waals surface area contributed by atoms with E-state index >= 15 is 0 Å². The summed E-state index contributed by atoms with van der Waals surface area (Å²) in [6.07, 6.45) is 5.11. The maximum atomic E-state index is 2.55. The minimum Gasteiger partial charge on any atom is -0.117 e. The van der Waals surface area contributed by atoms with Gasteiger partial charge in [-0.2, -0.15) is 0 Å². The van der Waals surface area contributed by atoms with Gasteiger partial charge in [-0.15, -0.1) is 23.5 Å². The molecular weight excluding hydrogens is 521 g/mol. The normalized spacial score (nSPS) is 23.6. The maximum absolute atomic E-state index is 2.55. The van der Waals surface area contributed by atoms with Gasteiger partial charge in [-0.25, -0.2) is 0 Å². The molecule has 0 saturated heterocycles. The van der Waals surface area contributed by atoms with Gasteiger partial charge in [-0.1, -0.05) is 109 Å². The van der Waals surface area contributed by atoms with Gasteiger partial charge in [-0.3, -0.25) is 0 Å². The Hall–Kier alpha value is -3.72. The van der Waals surface area contributed by atoms with Crippen LogP contribution in [0.2, 0.25) is 0 Å². The number of hydrogen-bond donors (Lipinski definition) is 0. The first kappa shape index (κ1) is 22.0. The second-order valence-electron chi connectivity index (χ2n) is 11.6. The number of benzene rings is 6. The van der Waals surface area contributed by atoms with Crippen LogP contribution in [-0.2, 0) is 0 Å². The Bertz CT molecular complexity index is 1990. The van der Waals surface area contributed by atoms with E-state index in [4.69, 9.17) is 0 Å². The van der Waals surface area contributed by atoms with Crippen LogP contribution < -0.4 is 0 Å². The van der Waals surface area contributed by atoms with Crippen molar-refractivity contribution in [2.75, 3.05) is 0 Å². The Balaban J connectivity index is 1.05. The summed E-state index contributed by atoms with van der Waals surface area (Å²) in [5.41, 5.74) is 8.86. The van der Waals surface area contributed by atoms with E-state index in [9.17, 15) is 0 Å². The van der Waals surface area contributed by atoms with Crippen molar-refractivity contribution in [3.63, 3.8) is 0 Å². The molecule has 2 heterocycles. The van der Waals surface area contributed by atoms with Gasteiger partial charge in [0.05, 0.1) is 0 Å². The maximum Gasteiger partial charge on any atom is 0.0454 e. The minimum absolute atomic E-state index is 0.461. The summed E-state index contributed by atoms with van der Waals surface area (Å²) in [5, 5.41) is 9.34. The van der Waals surface area contributed by atoms with Crippen LogP contribution in [-0.4, -0.2) is 0 Å². The van der Waals surface area contributed by atoms with Crippen molar-refractivity contribution in [3.05, 3.63) is 155 Å². The summed E-state index contributed by atoms with van der Waals surface area (Å²) in [5.74, 6) is 0.921. The molecule has 4 aliphatic rings. The third-order valence-electron chi connectivity index (χ3n) is 9.51. The molecule has 2 aliphatic heterocycles. The highest BCUT2D eigenvalue weighted by molar-refractivity contribution is 8.09. The summed E-state index contributed by atoms with van der Waals surface area (Å²) in [6.45, 7) is 0. The van der Waals surface area contributed by atoms with Gasteiger partial charge >= 0.3 is 0 Å². The Morgan fingerprint density at radius 1 is 0.400 bits per heavy atom. The third-order valence-corrected chi connectivity index (χ3v) is 12.4. The van der Waals surface area contributed by atoms with Gasteiger partial charge in [0.15, 0.2) is 0 Å². The molecule has 0 radical (unpaired) electrons. The van der Waals surface area contributed by atoms with Gasteiger partial charge in [0, 0.05) is 32.1 Å². The fourth-order valence-corrected chi connectivity index (χ4v) is 10.6. The highest BCUT2D eigenvalue weighted by Crippen LogP contribution is 2.67. The molecule has 188 valence electrons. The predicted molar refractivity (Wildman–Crippen MR) is 174 cm³/mol. The average Bonchev–Trinajstić information content (AvgIpc) is 3.76. The van der Waals surface area contributed by atoms with E-state index in [1.165, 1.54) is 53.6 Å². The number of rotatable bonds is 2. The lowest BCUT2D eigenvalue weighted by atomic mass is 9.96. The fraction of sp³-hybridized carbons (Fsp3) is 0.105. The van der Waals surface area contributed by atoms with Crippen LogP contribution in [0, 0.1) is 0 Å². The summed E-state index contributed by atoms with van der Waals surface area (Å²) in [4.78, 5) is 2.86. The van der Waals surface area contributed by atoms with E-state index in [-0.39, 0.29) is 0 Å². The molecule has 0 amide bonds. The van der Waals surface area contributed by atoms with E-state index in [1.807, 2.05) is 0 Å². The van der Waals surface area contributed by atoms with Crippen LogP contribution in [0.1, 0.15) is 55.7 Å². The van der Waals surface area contributed by atoms with Crippen LogP contribution in [0.25, 0.3) is 42.1 Å². The zero-order valence-corrected chi connectivity index (χ0v) is 23.3. The molecule has 4 atom stereocenters. The van der Waals surface area contributed by atoms with Crippen molar-refractivity contribution in [3.8, 4) is 0 Å². The molecule has 2 heteroatoms. The molecule has 40 heavy (non-hydrogen) atoms. The van der Waals surface area contributed by atoms with Crippen molar-refractivity contribution < 1.29 is 0 Å². The molecule has 0 nitrogen and oxygen atoms in total. The minimum atomic E-state index is 0.461. The molecule has 0 saturated carbocycles. The Morgan fingerprint density at radius 3 is 1.30 bits per heavy atom. The fourth-order valence-electron chi connectivity index (χ4n) is 7.67. The molecule has 4 unspecified atom stereocenters. The number of thioether (sulfide) groups is 2. The first-order valence-electron chi connectivity index (χ1n) is 14.1. The van der Waals surface area contributed by atoms with Gasteiger partial charge in [-0.05, 0) is 77.8 Å². The summed E-state index contributed by atoms with van der Waals surface area (Å²) in [7, 11) is 0. The highest BCUT2D eigenvalue weighted by atomic mass is 32.2. The summed E-state index contributed by atoms with van der Waals surface area (Å²) < 4.78 is 0. The molecule has 0 fully saturated rings. The molecule has 6 aromatic carbocycles. The zero-order valence-electron chi connectivity index (χ0n) is 21.7. The SMILES string of the molecule is C1=C(c2ccc3ccccc3c2)SC2c3ccc4c5c(ccc(c35)C12)C1SC(c2ccc3ccccc3c2)=CC41. The van der Waals surface area contributed by atoms with Crippen molar-refractivity contribution in [1.82, 2.24) is 0 Å². The lowest BCUT2D eigenvalue weighted by molar-refractivity contribution is 0.864. The Kier molecular flexibility index (Phi) is 4.37. The van der Waals surface area contributed by atoms with Gasteiger partial charge in [0.25, 0.3) is 0 Å². The van der Waals surface area contributed by atoms with Crippen molar-refractivity contribution >= 4 is 65.7 Å². The number of hydrogen-bond acceptors (Lipinski definition) is 2. The molecule has 0 spiro atoms. The van der Waals surface area contributed by atoms with Crippen molar-refractivity contribution in [1.29, 1.82) is 0 Å². The van der Waals surface area contributed by atoms with E-state index in [1.54, 1.807) is 21.9 Å². The second kappa shape index (κ2) is 7.94. The van der Waals surface area contributed by atoms with E-state index in [0.717, 1.165) is 0 Å². The number of allylic oxidation sites excluding steroid dienone is 2. The lowest BCUT2D eigenvalue weighted by Gasteiger charge is -2.13. The smallest absolute Gasteiger partial charge is 0.0454 e. The first-order chi connectivity index (χ1) is 19.8. The molecule has 10 rings (SSSR count). The van der Waals surface area contributed by atoms with E-state index < -0.39 is 0 Å². The molecule has 2 aliphatic carbocycles. The quantitative estimate of drug-likeness (QED) is 0.213. The molecule has 0 aromatic heterocycles. The topological polar surface area (TPSA) is 0 Å². The van der Waals surface area contributed by atoms with E-state index in [2.05, 4.69) is 145 Å². The zero-order chi connectivity index (χ0) is 25.9. The van der Waals surface area contributed by atoms with Gasteiger partial charge in [0.1, 0.15) is 0 Å². The van der Waals surface area contributed by atoms with Crippen LogP contribution >= 0.6 is 23.5 Å². The second-order valence-corrected chi connectivity index (χ2v) is 13.9. The largest absolute Gasteiger partial charge is 0.117 e. The molecule has 6 aromatic rings. The van der Waals surface area contributed by atoms with Crippen LogP contribution in [0.15, 0.2) is 121 Å². The highest BCUT2D eigenvalue weighted by Gasteiger charge is 2.44. The first-order valence-corrected chi connectivity index (χ1v) is 15.9. The van der Waals surface area contributed by atoms with Crippen molar-refractivity contribution in [2.24, 2.45) is 0 Å². The summed E-state index contributed by atoms with van der Waals surface area (Å²) in [6, 6.07) is 41.1. The number of fused-ring (bicyclic) bond motifs is 8. The molecule has 0 bridgehead atoms.